The highest BCUT2D eigenvalue weighted by Gasteiger charge is 2.11. The van der Waals surface area contributed by atoms with Crippen molar-refractivity contribution in [1.82, 2.24) is 4.98 Å². The van der Waals surface area contributed by atoms with Gasteiger partial charge in [0.05, 0.1) is 13.7 Å². The van der Waals surface area contributed by atoms with Crippen LogP contribution in [0, 0.1) is 0 Å². The van der Waals surface area contributed by atoms with Crippen LogP contribution in [-0.2, 0) is 4.74 Å². The quantitative estimate of drug-likeness (QED) is 0.558. The Balaban J connectivity index is 2.93. The summed E-state index contributed by atoms with van der Waals surface area (Å²) in [4.78, 5) is 26.0. The van der Waals surface area contributed by atoms with E-state index in [0.29, 0.717) is 18.5 Å². The standard InChI is InChI=1S/C11H13NO4/c1-3-4-16-11(14)9-5-8(7-13)6-10(12-9)15-2/h5-7H,3-4H2,1-2H3. The maximum atomic E-state index is 11.5. The second-order valence-electron chi connectivity index (χ2n) is 3.08. The maximum Gasteiger partial charge on any atom is 0.357 e. The first-order chi connectivity index (χ1) is 7.71. The average Bonchev–Trinajstić information content (AvgIpc) is 2.35. The monoisotopic (exact) mass is 223 g/mol. The fourth-order valence-corrected chi connectivity index (χ4v) is 1.07. The molecule has 0 radical (unpaired) electrons. The number of aldehydes is 1. The first-order valence-corrected chi connectivity index (χ1v) is 4.89. The number of esters is 1. The second-order valence-corrected chi connectivity index (χ2v) is 3.08. The Bertz CT molecular complexity index is 390. The largest absolute Gasteiger partial charge is 0.481 e. The van der Waals surface area contributed by atoms with Gasteiger partial charge in [-0.2, -0.15) is 0 Å². The fourth-order valence-electron chi connectivity index (χ4n) is 1.07. The number of methoxy groups -OCH3 is 1. The Morgan fingerprint density at radius 1 is 1.50 bits per heavy atom. The minimum atomic E-state index is -0.552. The van der Waals surface area contributed by atoms with Gasteiger partial charge in [0, 0.05) is 11.6 Å². The van der Waals surface area contributed by atoms with Crippen LogP contribution in [0.5, 0.6) is 5.88 Å². The Hall–Kier alpha value is -1.91. The third kappa shape index (κ3) is 3.05. The molecule has 0 saturated heterocycles. The Morgan fingerprint density at radius 3 is 2.81 bits per heavy atom. The van der Waals surface area contributed by atoms with Gasteiger partial charge in [-0.25, -0.2) is 9.78 Å². The van der Waals surface area contributed by atoms with Crippen molar-refractivity contribution in [2.45, 2.75) is 13.3 Å². The minimum absolute atomic E-state index is 0.0786. The van der Waals surface area contributed by atoms with Crippen LogP contribution in [0.25, 0.3) is 0 Å². The number of hydrogen-bond acceptors (Lipinski definition) is 5. The molecular weight excluding hydrogens is 210 g/mol. The molecule has 86 valence electrons. The lowest BCUT2D eigenvalue weighted by Gasteiger charge is -2.05. The highest BCUT2D eigenvalue weighted by atomic mass is 16.5. The molecule has 0 aliphatic heterocycles. The van der Waals surface area contributed by atoms with Crippen LogP contribution in [0.2, 0.25) is 0 Å². The van der Waals surface area contributed by atoms with Gasteiger partial charge in [0.2, 0.25) is 5.88 Å². The zero-order valence-corrected chi connectivity index (χ0v) is 9.23. The van der Waals surface area contributed by atoms with Gasteiger partial charge < -0.3 is 9.47 Å². The van der Waals surface area contributed by atoms with Crippen molar-refractivity contribution >= 4 is 12.3 Å². The molecule has 1 aromatic heterocycles. The molecule has 0 atom stereocenters. The van der Waals surface area contributed by atoms with Gasteiger partial charge in [0.25, 0.3) is 0 Å². The van der Waals surface area contributed by atoms with E-state index in [0.717, 1.165) is 6.42 Å². The third-order valence-corrected chi connectivity index (χ3v) is 1.82. The van der Waals surface area contributed by atoms with Crippen molar-refractivity contribution in [2.75, 3.05) is 13.7 Å². The van der Waals surface area contributed by atoms with Crippen molar-refractivity contribution in [3.05, 3.63) is 23.4 Å². The predicted octanol–water partition coefficient (Wildman–Crippen LogP) is 1.47. The first-order valence-electron chi connectivity index (χ1n) is 4.89. The second kappa shape index (κ2) is 5.85. The van der Waals surface area contributed by atoms with Gasteiger partial charge in [-0.1, -0.05) is 6.92 Å². The summed E-state index contributed by atoms with van der Waals surface area (Å²) in [5.41, 5.74) is 0.408. The topological polar surface area (TPSA) is 65.5 Å². The van der Waals surface area contributed by atoms with Crippen LogP contribution in [0.4, 0.5) is 0 Å². The smallest absolute Gasteiger partial charge is 0.357 e. The van der Waals surface area contributed by atoms with E-state index in [-0.39, 0.29) is 11.6 Å². The van der Waals surface area contributed by atoms with Gasteiger partial charge in [-0.15, -0.1) is 0 Å². The lowest BCUT2D eigenvalue weighted by atomic mass is 10.2. The zero-order chi connectivity index (χ0) is 12.0. The average molecular weight is 223 g/mol. The molecule has 0 spiro atoms. The number of aromatic nitrogens is 1. The zero-order valence-electron chi connectivity index (χ0n) is 9.23. The van der Waals surface area contributed by atoms with Crippen molar-refractivity contribution in [2.24, 2.45) is 0 Å². The summed E-state index contributed by atoms with van der Waals surface area (Å²) in [6.07, 6.45) is 1.36. The van der Waals surface area contributed by atoms with Crippen LogP contribution in [0.15, 0.2) is 12.1 Å². The first kappa shape index (κ1) is 12.2. The number of ether oxygens (including phenoxy) is 2. The van der Waals surface area contributed by atoms with Crippen molar-refractivity contribution in [3.63, 3.8) is 0 Å². The Kier molecular flexibility index (Phi) is 4.44. The summed E-state index contributed by atoms with van der Waals surface area (Å²) in [5.74, 6) is -0.336. The molecule has 0 fully saturated rings. The summed E-state index contributed by atoms with van der Waals surface area (Å²) in [6, 6.07) is 2.82. The molecular formula is C11H13NO4. The minimum Gasteiger partial charge on any atom is -0.481 e. The molecule has 0 amide bonds. The van der Waals surface area contributed by atoms with E-state index in [1.807, 2.05) is 6.92 Å². The molecule has 0 unspecified atom stereocenters. The molecule has 0 bridgehead atoms. The van der Waals surface area contributed by atoms with E-state index in [9.17, 15) is 9.59 Å². The van der Waals surface area contributed by atoms with E-state index < -0.39 is 5.97 Å². The van der Waals surface area contributed by atoms with Gasteiger partial charge in [0.1, 0.15) is 6.29 Å². The molecule has 5 heteroatoms. The Labute approximate surface area is 93.4 Å². The number of rotatable bonds is 5. The van der Waals surface area contributed by atoms with E-state index in [1.54, 1.807) is 0 Å². The molecule has 0 N–H and O–H groups in total. The van der Waals surface area contributed by atoms with Gasteiger partial charge >= 0.3 is 5.97 Å². The summed E-state index contributed by atoms with van der Waals surface area (Å²) < 4.78 is 9.78. The van der Waals surface area contributed by atoms with E-state index in [2.05, 4.69) is 4.98 Å². The fraction of sp³-hybridized carbons (Fsp3) is 0.364. The van der Waals surface area contributed by atoms with E-state index >= 15 is 0 Å². The lowest BCUT2D eigenvalue weighted by Crippen LogP contribution is -2.09. The SMILES string of the molecule is CCCOC(=O)c1cc(C=O)cc(OC)n1. The molecule has 1 rings (SSSR count). The number of carbonyl (C=O) groups excluding carboxylic acids is 2. The Morgan fingerprint density at radius 2 is 2.25 bits per heavy atom. The lowest BCUT2D eigenvalue weighted by molar-refractivity contribution is 0.0497. The van der Waals surface area contributed by atoms with Crippen molar-refractivity contribution in [1.29, 1.82) is 0 Å². The highest BCUT2D eigenvalue weighted by molar-refractivity contribution is 5.89. The van der Waals surface area contributed by atoms with E-state index in [1.165, 1.54) is 19.2 Å². The summed E-state index contributed by atoms with van der Waals surface area (Å²) in [7, 11) is 1.41. The molecule has 0 saturated carbocycles. The number of carbonyl (C=O) groups is 2. The summed E-state index contributed by atoms with van der Waals surface area (Å²) >= 11 is 0. The maximum absolute atomic E-state index is 11.5. The van der Waals surface area contributed by atoms with Crippen LogP contribution >= 0.6 is 0 Å². The normalized spacial score (nSPS) is 9.62. The number of hydrogen-bond donors (Lipinski definition) is 0. The van der Waals surface area contributed by atoms with Crippen LogP contribution < -0.4 is 4.74 Å². The van der Waals surface area contributed by atoms with Crippen molar-refractivity contribution in [3.8, 4) is 5.88 Å². The molecule has 0 aliphatic rings. The predicted molar refractivity (Wildman–Crippen MR) is 56.8 cm³/mol. The van der Waals surface area contributed by atoms with Crippen LogP contribution in [0.1, 0.15) is 34.2 Å². The van der Waals surface area contributed by atoms with Gasteiger partial charge in [-0.3, -0.25) is 4.79 Å². The van der Waals surface area contributed by atoms with Crippen LogP contribution in [-0.4, -0.2) is 31.0 Å². The molecule has 0 aliphatic carbocycles. The van der Waals surface area contributed by atoms with Gasteiger partial charge in [0.15, 0.2) is 5.69 Å². The van der Waals surface area contributed by atoms with Crippen molar-refractivity contribution < 1.29 is 19.1 Å². The summed E-state index contributed by atoms with van der Waals surface area (Å²) in [5, 5.41) is 0. The molecule has 5 nitrogen and oxygen atoms in total. The third-order valence-electron chi connectivity index (χ3n) is 1.82. The summed E-state index contributed by atoms with van der Waals surface area (Å²) in [6.45, 7) is 2.22. The molecule has 0 aromatic carbocycles. The number of nitrogens with zero attached hydrogens (tertiary/aromatic N) is 1. The highest BCUT2D eigenvalue weighted by Crippen LogP contribution is 2.11. The molecule has 1 heterocycles. The number of pyridine rings is 1. The van der Waals surface area contributed by atoms with Crippen LogP contribution in [0.3, 0.4) is 0 Å². The molecule has 16 heavy (non-hydrogen) atoms. The van der Waals surface area contributed by atoms with Gasteiger partial charge in [-0.05, 0) is 12.5 Å². The van der Waals surface area contributed by atoms with E-state index in [4.69, 9.17) is 9.47 Å². The molecule has 1 aromatic rings.